The van der Waals surface area contributed by atoms with Gasteiger partial charge in [0.2, 0.25) is 0 Å². The van der Waals surface area contributed by atoms with Crippen molar-refractivity contribution in [1.82, 2.24) is 5.32 Å². The second-order valence-electron chi connectivity index (χ2n) is 4.72. The second kappa shape index (κ2) is 3.82. The quantitative estimate of drug-likeness (QED) is 0.617. The summed E-state index contributed by atoms with van der Waals surface area (Å²) in [6.07, 6.45) is 1.95. The van der Waals surface area contributed by atoms with Crippen LogP contribution in [-0.2, 0) is 0 Å². The van der Waals surface area contributed by atoms with E-state index >= 15 is 0 Å². The first-order chi connectivity index (χ1) is 5.27. The largest absolute Gasteiger partial charge is 0.462 e. The van der Waals surface area contributed by atoms with Gasteiger partial charge in [-0.15, -0.1) is 0 Å². The Kier molecular flexibility index (Phi) is 3.60. The minimum absolute atomic E-state index is 0.106. The van der Waals surface area contributed by atoms with Crippen molar-refractivity contribution in [2.24, 2.45) is 5.41 Å². The molecule has 0 saturated heterocycles. The maximum absolute atomic E-state index is 8.44. The number of hydrogen-bond donors (Lipinski definition) is 2. The molecule has 0 aromatic heterocycles. The third-order valence-corrected chi connectivity index (χ3v) is 1.45. The molecule has 0 heterocycles. The monoisotopic (exact) mass is 169 g/mol. The lowest BCUT2D eigenvalue weighted by molar-refractivity contribution is 0.350. The molecule has 0 saturated carbocycles. The molecule has 0 spiro atoms. The van der Waals surface area contributed by atoms with E-state index in [1.807, 2.05) is 20.0 Å². The zero-order valence-corrected chi connectivity index (χ0v) is 8.65. The molecule has 0 radical (unpaired) electrons. The Morgan fingerprint density at radius 3 is 2.00 bits per heavy atom. The Bertz CT molecular complexity index is 190. The van der Waals surface area contributed by atoms with Gasteiger partial charge in [-0.1, -0.05) is 5.92 Å². The zero-order chi connectivity index (χ0) is 9.83. The summed E-state index contributed by atoms with van der Waals surface area (Å²) >= 11 is 0. The molecule has 2 heteroatoms. The maximum atomic E-state index is 8.44. The van der Waals surface area contributed by atoms with E-state index in [4.69, 9.17) is 5.11 Å². The molecule has 0 aromatic rings. The van der Waals surface area contributed by atoms with Crippen LogP contribution in [0.2, 0.25) is 0 Å². The SMILES string of the molecule is CC(C)(C#CO)CNC(C)(C)C. The summed E-state index contributed by atoms with van der Waals surface area (Å²) in [6.45, 7) is 11.1. The fourth-order valence-corrected chi connectivity index (χ4v) is 0.682. The number of aliphatic hydroxyl groups is 1. The van der Waals surface area contributed by atoms with Gasteiger partial charge in [-0.2, -0.15) is 0 Å². The summed E-state index contributed by atoms with van der Waals surface area (Å²) in [5, 5.41) is 11.8. The van der Waals surface area contributed by atoms with Crippen LogP contribution in [0.15, 0.2) is 0 Å². The van der Waals surface area contributed by atoms with Gasteiger partial charge in [0.15, 0.2) is 0 Å². The molecule has 0 rings (SSSR count). The van der Waals surface area contributed by atoms with Crippen molar-refractivity contribution < 1.29 is 5.11 Å². The Labute approximate surface area is 75.4 Å². The fraction of sp³-hybridized carbons (Fsp3) is 0.800. The molecule has 70 valence electrons. The second-order valence-corrected chi connectivity index (χ2v) is 4.72. The Morgan fingerprint density at radius 1 is 1.17 bits per heavy atom. The van der Waals surface area contributed by atoms with Gasteiger partial charge >= 0.3 is 0 Å². The maximum Gasteiger partial charge on any atom is 0.108 e. The van der Waals surface area contributed by atoms with E-state index in [2.05, 4.69) is 32.0 Å². The molecule has 0 atom stereocenters. The first-order valence-corrected chi connectivity index (χ1v) is 4.18. The van der Waals surface area contributed by atoms with Crippen molar-refractivity contribution in [3.63, 3.8) is 0 Å². The van der Waals surface area contributed by atoms with Crippen molar-refractivity contribution in [1.29, 1.82) is 0 Å². The number of rotatable bonds is 2. The van der Waals surface area contributed by atoms with Crippen LogP contribution in [0.25, 0.3) is 0 Å². The third kappa shape index (κ3) is 6.06. The van der Waals surface area contributed by atoms with Gasteiger partial charge in [-0.05, 0) is 34.6 Å². The summed E-state index contributed by atoms with van der Waals surface area (Å²) in [5.74, 6) is 2.74. The lowest BCUT2D eigenvalue weighted by Crippen LogP contribution is -2.41. The normalized spacial score (nSPS) is 12.1. The summed E-state index contributed by atoms with van der Waals surface area (Å²) < 4.78 is 0. The predicted octanol–water partition coefficient (Wildman–Crippen LogP) is 1.73. The lowest BCUT2D eigenvalue weighted by Gasteiger charge is -2.26. The molecular formula is C10H19NO. The van der Waals surface area contributed by atoms with Crippen LogP contribution in [0, 0.1) is 17.4 Å². The highest BCUT2D eigenvalue weighted by Crippen LogP contribution is 2.13. The van der Waals surface area contributed by atoms with Gasteiger partial charge in [-0.3, -0.25) is 0 Å². The molecule has 0 amide bonds. The van der Waals surface area contributed by atoms with Gasteiger partial charge in [0.05, 0.1) is 0 Å². The van der Waals surface area contributed by atoms with Crippen LogP contribution in [0.1, 0.15) is 34.6 Å². The number of hydrogen-bond acceptors (Lipinski definition) is 2. The van der Waals surface area contributed by atoms with Crippen LogP contribution in [0.3, 0.4) is 0 Å². The molecule has 0 unspecified atom stereocenters. The Hall–Kier alpha value is -0.680. The first-order valence-electron chi connectivity index (χ1n) is 4.18. The van der Waals surface area contributed by atoms with E-state index in [1.165, 1.54) is 0 Å². The minimum Gasteiger partial charge on any atom is -0.462 e. The molecule has 0 fully saturated rings. The van der Waals surface area contributed by atoms with Crippen LogP contribution in [0.5, 0.6) is 0 Å². The highest BCUT2D eigenvalue weighted by molar-refractivity contribution is 5.05. The van der Waals surface area contributed by atoms with Crippen molar-refractivity contribution in [3.8, 4) is 12.0 Å². The third-order valence-electron chi connectivity index (χ3n) is 1.45. The summed E-state index contributed by atoms with van der Waals surface area (Å²) in [6, 6.07) is 0. The van der Waals surface area contributed by atoms with E-state index in [-0.39, 0.29) is 11.0 Å². The van der Waals surface area contributed by atoms with Crippen LogP contribution in [-0.4, -0.2) is 17.2 Å². The molecule has 2 nitrogen and oxygen atoms in total. The molecule has 0 aliphatic carbocycles. The highest BCUT2D eigenvalue weighted by Gasteiger charge is 2.18. The van der Waals surface area contributed by atoms with E-state index in [1.54, 1.807) is 0 Å². The topological polar surface area (TPSA) is 32.3 Å². The van der Waals surface area contributed by atoms with Gasteiger partial charge in [0, 0.05) is 17.5 Å². The van der Waals surface area contributed by atoms with Crippen molar-refractivity contribution >= 4 is 0 Å². The van der Waals surface area contributed by atoms with Gasteiger partial charge in [0.1, 0.15) is 6.11 Å². The molecule has 2 N–H and O–H groups in total. The Balaban J connectivity index is 3.98. The van der Waals surface area contributed by atoms with Crippen molar-refractivity contribution in [2.75, 3.05) is 6.54 Å². The zero-order valence-electron chi connectivity index (χ0n) is 8.65. The average molecular weight is 169 g/mol. The summed E-state index contributed by atoms with van der Waals surface area (Å²) in [7, 11) is 0. The van der Waals surface area contributed by atoms with E-state index in [0.717, 1.165) is 6.54 Å². The predicted molar refractivity (Wildman–Crippen MR) is 51.2 cm³/mol. The molecule has 12 heavy (non-hydrogen) atoms. The van der Waals surface area contributed by atoms with E-state index in [0.29, 0.717) is 0 Å². The standard InChI is InChI=1S/C10H19NO/c1-9(2,3)11-8-10(4,5)6-7-12/h11-12H,8H2,1-5H3. The smallest absolute Gasteiger partial charge is 0.108 e. The average Bonchev–Trinajstić information content (AvgIpc) is 1.83. The molecular weight excluding hydrogens is 150 g/mol. The molecule has 0 aliphatic rings. The Morgan fingerprint density at radius 2 is 1.67 bits per heavy atom. The first kappa shape index (κ1) is 11.3. The van der Waals surface area contributed by atoms with Crippen LogP contribution < -0.4 is 5.32 Å². The molecule has 0 aromatic carbocycles. The fourth-order valence-electron chi connectivity index (χ4n) is 0.682. The lowest BCUT2D eigenvalue weighted by atomic mass is 9.93. The van der Waals surface area contributed by atoms with E-state index in [9.17, 15) is 0 Å². The number of nitrogens with one attached hydrogen (secondary N) is 1. The summed E-state index contributed by atoms with van der Waals surface area (Å²) in [4.78, 5) is 0. The van der Waals surface area contributed by atoms with Gasteiger partial charge < -0.3 is 10.4 Å². The molecule has 0 bridgehead atoms. The minimum atomic E-state index is -0.165. The van der Waals surface area contributed by atoms with Crippen molar-refractivity contribution in [3.05, 3.63) is 0 Å². The summed E-state index contributed by atoms with van der Waals surface area (Å²) in [5.41, 5.74) is -0.0591. The molecule has 0 aliphatic heterocycles. The van der Waals surface area contributed by atoms with E-state index < -0.39 is 0 Å². The van der Waals surface area contributed by atoms with Gasteiger partial charge in [-0.25, -0.2) is 0 Å². The van der Waals surface area contributed by atoms with Crippen molar-refractivity contribution in [2.45, 2.75) is 40.2 Å². The van der Waals surface area contributed by atoms with Gasteiger partial charge in [0.25, 0.3) is 0 Å². The van der Waals surface area contributed by atoms with Crippen LogP contribution in [0.4, 0.5) is 0 Å². The number of aliphatic hydroxyl groups excluding tert-OH is 1. The highest BCUT2D eigenvalue weighted by atomic mass is 16.2. The van der Waals surface area contributed by atoms with Crippen LogP contribution >= 0.6 is 0 Å².